The van der Waals surface area contributed by atoms with Gasteiger partial charge < -0.3 is 10.6 Å². The SMILES string of the molecule is Cc1ccc(-c2cnn(C)c2)c(C(=O)N2CCC[C@@H](C)[C@@H]2CN)c1. The molecule has 1 aliphatic heterocycles. The van der Waals surface area contributed by atoms with Crippen molar-refractivity contribution in [3.63, 3.8) is 0 Å². The molecule has 2 heterocycles. The Kier molecular flexibility index (Phi) is 4.71. The van der Waals surface area contributed by atoms with Crippen LogP contribution in [0, 0.1) is 12.8 Å². The molecule has 128 valence electrons. The summed E-state index contributed by atoms with van der Waals surface area (Å²) in [7, 11) is 1.88. The molecule has 1 saturated heterocycles. The van der Waals surface area contributed by atoms with Crippen molar-refractivity contribution >= 4 is 5.91 Å². The van der Waals surface area contributed by atoms with Gasteiger partial charge in [-0.15, -0.1) is 0 Å². The van der Waals surface area contributed by atoms with Crippen molar-refractivity contribution in [3.05, 3.63) is 41.7 Å². The van der Waals surface area contributed by atoms with Crippen LogP contribution in [-0.4, -0.2) is 39.7 Å². The molecule has 24 heavy (non-hydrogen) atoms. The molecular weight excluding hydrogens is 300 g/mol. The summed E-state index contributed by atoms with van der Waals surface area (Å²) in [4.78, 5) is 15.3. The second-order valence-corrected chi connectivity index (χ2v) is 6.87. The van der Waals surface area contributed by atoms with Gasteiger partial charge in [0.15, 0.2) is 0 Å². The zero-order valence-electron chi connectivity index (χ0n) is 14.7. The highest BCUT2D eigenvalue weighted by Gasteiger charge is 2.32. The Balaban J connectivity index is 2.01. The number of nitrogens with two attached hydrogens (primary N) is 1. The van der Waals surface area contributed by atoms with E-state index in [0.717, 1.165) is 41.6 Å². The molecule has 5 heteroatoms. The van der Waals surface area contributed by atoms with E-state index in [-0.39, 0.29) is 11.9 Å². The van der Waals surface area contributed by atoms with E-state index in [4.69, 9.17) is 5.73 Å². The molecule has 0 bridgehead atoms. The Morgan fingerprint density at radius 3 is 2.88 bits per heavy atom. The van der Waals surface area contributed by atoms with Gasteiger partial charge in [0.25, 0.3) is 5.91 Å². The summed E-state index contributed by atoms with van der Waals surface area (Å²) in [6.07, 6.45) is 5.92. The van der Waals surface area contributed by atoms with Crippen LogP contribution >= 0.6 is 0 Å². The molecule has 0 saturated carbocycles. The van der Waals surface area contributed by atoms with E-state index < -0.39 is 0 Å². The fraction of sp³-hybridized carbons (Fsp3) is 0.474. The first kappa shape index (κ1) is 16.7. The van der Waals surface area contributed by atoms with Gasteiger partial charge in [-0.1, -0.05) is 24.6 Å². The van der Waals surface area contributed by atoms with E-state index in [1.807, 2.05) is 43.3 Å². The second-order valence-electron chi connectivity index (χ2n) is 6.87. The van der Waals surface area contributed by atoms with Crippen LogP contribution in [0.3, 0.4) is 0 Å². The normalized spacial score (nSPS) is 21.1. The van der Waals surface area contributed by atoms with E-state index >= 15 is 0 Å². The molecule has 1 amide bonds. The molecule has 0 unspecified atom stereocenters. The number of rotatable bonds is 3. The summed E-state index contributed by atoms with van der Waals surface area (Å²) in [5, 5.41) is 4.24. The topological polar surface area (TPSA) is 64.2 Å². The zero-order valence-corrected chi connectivity index (χ0v) is 14.7. The molecule has 3 rings (SSSR count). The Labute approximate surface area is 143 Å². The van der Waals surface area contributed by atoms with Gasteiger partial charge in [0.05, 0.1) is 6.20 Å². The Hall–Kier alpha value is -2.14. The average molecular weight is 326 g/mol. The largest absolute Gasteiger partial charge is 0.334 e. The molecule has 2 aromatic rings. The lowest BCUT2D eigenvalue weighted by molar-refractivity contribution is 0.0533. The number of carbonyl (C=O) groups excluding carboxylic acids is 1. The molecule has 1 aromatic heterocycles. The van der Waals surface area contributed by atoms with Crippen LogP contribution in [0.2, 0.25) is 0 Å². The predicted octanol–water partition coefficient (Wildman–Crippen LogP) is 2.59. The number of hydrogen-bond acceptors (Lipinski definition) is 3. The fourth-order valence-electron chi connectivity index (χ4n) is 3.66. The molecule has 0 spiro atoms. The number of benzene rings is 1. The van der Waals surface area contributed by atoms with Gasteiger partial charge in [-0.2, -0.15) is 5.10 Å². The van der Waals surface area contributed by atoms with E-state index in [2.05, 4.69) is 12.0 Å². The lowest BCUT2D eigenvalue weighted by Crippen LogP contribution is -2.51. The summed E-state index contributed by atoms with van der Waals surface area (Å²) in [5.74, 6) is 0.527. The molecule has 0 aliphatic carbocycles. The van der Waals surface area contributed by atoms with Gasteiger partial charge in [-0.3, -0.25) is 9.48 Å². The minimum atomic E-state index is 0.0829. The minimum absolute atomic E-state index is 0.0829. The summed E-state index contributed by atoms with van der Waals surface area (Å²) in [5.41, 5.74) is 9.71. The van der Waals surface area contributed by atoms with Gasteiger partial charge in [0.2, 0.25) is 0 Å². The standard InChI is InChI=1S/C19H26N4O/c1-13-6-7-16(15-11-21-22(3)12-15)17(9-13)19(24)23-8-4-5-14(2)18(23)10-20/h6-7,9,11-12,14,18H,4-5,8,10,20H2,1-3H3/t14-,18+/m1/s1. The first-order valence-corrected chi connectivity index (χ1v) is 8.62. The van der Waals surface area contributed by atoms with Crippen molar-refractivity contribution in [1.82, 2.24) is 14.7 Å². The lowest BCUT2D eigenvalue weighted by atomic mass is 9.89. The molecule has 2 N–H and O–H groups in total. The highest BCUT2D eigenvalue weighted by Crippen LogP contribution is 2.29. The summed E-state index contributed by atoms with van der Waals surface area (Å²) in [6.45, 7) is 5.50. The second kappa shape index (κ2) is 6.77. The van der Waals surface area contributed by atoms with Gasteiger partial charge in [0.1, 0.15) is 0 Å². The minimum Gasteiger partial charge on any atom is -0.334 e. The van der Waals surface area contributed by atoms with Crippen LogP contribution < -0.4 is 5.73 Å². The number of hydrogen-bond donors (Lipinski definition) is 1. The maximum Gasteiger partial charge on any atom is 0.254 e. The Morgan fingerprint density at radius 1 is 1.42 bits per heavy atom. The number of carbonyl (C=O) groups is 1. The maximum atomic E-state index is 13.3. The highest BCUT2D eigenvalue weighted by atomic mass is 16.2. The van der Waals surface area contributed by atoms with Crippen molar-refractivity contribution in [3.8, 4) is 11.1 Å². The summed E-state index contributed by atoms with van der Waals surface area (Å²) < 4.78 is 1.76. The quantitative estimate of drug-likeness (QED) is 0.943. The lowest BCUT2D eigenvalue weighted by Gasteiger charge is -2.39. The molecule has 5 nitrogen and oxygen atoms in total. The number of aromatic nitrogens is 2. The smallest absolute Gasteiger partial charge is 0.254 e. The monoisotopic (exact) mass is 326 g/mol. The molecule has 1 aromatic carbocycles. The van der Waals surface area contributed by atoms with Crippen LogP contribution in [-0.2, 0) is 7.05 Å². The van der Waals surface area contributed by atoms with Gasteiger partial charge in [0, 0.05) is 43.5 Å². The molecule has 1 fully saturated rings. The third-order valence-corrected chi connectivity index (χ3v) is 5.04. The zero-order chi connectivity index (χ0) is 17.3. The van der Waals surface area contributed by atoms with Crippen molar-refractivity contribution in [1.29, 1.82) is 0 Å². The highest BCUT2D eigenvalue weighted by molar-refractivity contribution is 6.01. The third-order valence-electron chi connectivity index (χ3n) is 5.04. The summed E-state index contributed by atoms with van der Waals surface area (Å²) >= 11 is 0. The van der Waals surface area contributed by atoms with Crippen molar-refractivity contribution in [2.75, 3.05) is 13.1 Å². The number of amides is 1. The van der Waals surface area contributed by atoms with Crippen molar-refractivity contribution in [2.24, 2.45) is 18.7 Å². The van der Waals surface area contributed by atoms with E-state index in [1.54, 1.807) is 10.9 Å². The van der Waals surface area contributed by atoms with Gasteiger partial charge >= 0.3 is 0 Å². The number of likely N-dealkylation sites (tertiary alicyclic amines) is 1. The first-order valence-electron chi connectivity index (χ1n) is 8.62. The Morgan fingerprint density at radius 2 is 2.21 bits per heavy atom. The first-order chi connectivity index (χ1) is 11.5. The Bertz CT molecular complexity index is 737. The maximum absolute atomic E-state index is 13.3. The molecular formula is C19H26N4O. The van der Waals surface area contributed by atoms with Crippen LogP contribution in [0.1, 0.15) is 35.7 Å². The molecule has 0 radical (unpaired) electrons. The van der Waals surface area contributed by atoms with E-state index in [9.17, 15) is 4.79 Å². The van der Waals surface area contributed by atoms with Crippen molar-refractivity contribution in [2.45, 2.75) is 32.7 Å². The van der Waals surface area contributed by atoms with E-state index in [1.165, 1.54) is 0 Å². The van der Waals surface area contributed by atoms with Crippen LogP contribution in [0.5, 0.6) is 0 Å². The van der Waals surface area contributed by atoms with E-state index in [0.29, 0.717) is 12.5 Å². The molecule has 2 atom stereocenters. The summed E-state index contributed by atoms with van der Waals surface area (Å²) in [6, 6.07) is 6.16. The van der Waals surface area contributed by atoms with Gasteiger partial charge in [-0.25, -0.2) is 0 Å². The number of piperidine rings is 1. The number of aryl methyl sites for hydroxylation is 2. The van der Waals surface area contributed by atoms with Crippen LogP contribution in [0.4, 0.5) is 0 Å². The van der Waals surface area contributed by atoms with Crippen LogP contribution in [0.15, 0.2) is 30.6 Å². The van der Waals surface area contributed by atoms with Crippen molar-refractivity contribution < 1.29 is 4.79 Å². The number of nitrogens with zero attached hydrogens (tertiary/aromatic N) is 3. The van der Waals surface area contributed by atoms with Crippen LogP contribution in [0.25, 0.3) is 11.1 Å². The third kappa shape index (κ3) is 3.08. The van der Waals surface area contributed by atoms with Gasteiger partial charge in [-0.05, 0) is 37.3 Å². The molecule has 1 aliphatic rings. The predicted molar refractivity (Wildman–Crippen MR) is 95.7 cm³/mol. The average Bonchev–Trinajstić information content (AvgIpc) is 3.00. The fourth-order valence-corrected chi connectivity index (χ4v) is 3.66.